The van der Waals surface area contributed by atoms with E-state index in [1.54, 1.807) is 0 Å². The Morgan fingerprint density at radius 2 is 2.04 bits per heavy atom. The molecule has 7 nitrogen and oxygen atoms in total. The maximum absolute atomic E-state index is 12.9. The summed E-state index contributed by atoms with van der Waals surface area (Å²) in [6, 6.07) is 0. The maximum Gasteiger partial charge on any atom is 0.309 e. The number of hydrogen-bond acceptors (Lipinski definition) is 6. The van der Waals surface area contributed by atoms with Crippen LogP contribution in [-0.2, 0) is 29.2 Å². The van der Waals surface area contributed by atoms with Crippen molar-refractivity contribution in [2.75, 3.05) is 0 Å². The quantitative estimate of drug-likeness (QED) is 0.568. The van der Waals surface area contributed by atoms with Gasteiger partial charge in [-0.3, -0.25) is 14.1 Å². The summed E-state index contributed by atoms with van der Waals surface area (Å²) in [7, 11) is -4.16. The molecule has 4 aliphatic rings. The third kappa shape index (κ3) is 2.95. The van der Waals surface area contributed by atoms with Crippen molar-refractivity contribution in [2.24, 2.45) is 29.6 Å². The smallest absolute Gasteiger partial charge is 0.309 e. The van der Waals surface area contributed by atoms with Crippen molar-refractivity contribution in [3.05, 3.63) is 0 Å². The fraction of sp³-hybridized carbons (Fsp3) is 0.889. The van der Waals surface area contributed by atoms with Gasteiger partial charge in [0.15, 0.2) is 0 Å². The topological polar surface area (TPSA) is 107 Å². The maximum atomic E-state index is 12.9. The lowest BCUT2D eigenvalue weighted by molar-refractivity contribution is -0.168. The Bertz CT molecular complexity index is 702. The number of rotatable bonds is 5. The molecule has 0 spiro atoms. The molecule has 1 heterocycles. The summed E-state index contributed by atoms with van der Waals surface area (Å²) >= 11 is 0. The summed E-state index contributed by atoms with van der Waals surface area (Å²) < 4.78 is 43.8. The third-order valence-corrected chi connectivity index (χ3v) is 8.27. The minimum absolute atomic E-state index is 0.0358. The van der Waals surface area contributed by atoms with E-state index in [9.17, 15) is 22.6 Å². The summed E-state index contributed by atoms with van der Waals surface area (Å²) in [6.07, 6.45) is 3.65. The lowest BCUT2D eigenvalue weighted by Gasteiger charge is -2.35. The SMILES string of the molecule is CCCC1CCC(S(=O)(=O)O)CC1C(=O)OC1C2CC3C(=O)OC1C3C2. The van der Waals surface area contributed by atoms with Gasteiger partial charge in [-0.1, -0.05) is 13.3 Å². The molecule has 4 rings (SSSR count). The van der Waals surface area contributed by atoms with E-state index < -0.39 is 33.4 Å². The molecule has 1 N–H and O–H groups in total. The molecule has 8 unspecified atom stereocenters. The first-order chi connectivity index (χ1) is 12.3. The van der Waals surface area contributed by atoms with Gasteiger partial charge >= 0.3 is 11.9 Å². The first kappa shape index (κ1) is 18.2. The van der Waals surface area contributed by atoms with Gasteiger partial charge in [-0.15, -0.1) is 0 Å². The van der Waals surface area contributed by atoms with Crippen molar-refractivity contribution in [3.63, 3.8) is 0 Å². The molecule has 2 bridgehead atoms. The van der Waals surface area contributed by atoms with Crippen molar-refractivity contribution >= 4 is 22.1 Å². The minimum atomic E-state index is -4.16. The van der Waals surface area contributed by atoms with Crippen LogP contribution >= 0.6 is 0 Å². The van der Waals surface area contributed by atoms with Gasteiger partial charge in [-0.25, -0.2) is 0 Å². The predicted molar refractivity (Wildman–Crippen MR) is 90.5 cm³/mol. The summed E-state index contributed by atoms with van der Waals surface area (Å²) in [6.45, 7) is 2.03. The minimum Gasteiger partial charge on any atom is -0.458 e. The van der Waals surface area contributed by atoms with E-state index in [0.717, 1.165) is 19.3 Å². The second-order valence-electron chi connectivity index (χ2n) is 8.41. The van der Waals surface area contributed by atoms with Gasteiger partial charge in [-0.05, 0) is 44.4 Å². The highest BCUT2D eigenvalue weighted by Gasteiger charge is 2.63. The van der Waals surface area contributed by atoms with E-state index >= 15 is 0 Å². The number of carbonyl (C=O) groups excluding carboxylic acids is 2. The van der Waals surface area contributed by atoms with Gasteiger partial charge < -0.3 is 9.47 Å². The van der Waals surface area contributed by atoms with Crippen LogP contribution in [0.4, 0.5) is 0 Å². The molecule has 146 valence electrons. The van der Waals surface area contributed by atoms with E-state index in [-0.39, 0.29) is 42.2 Å². The first-order valence-corrected chi connectivity index (χ1v) is 11.2. The van der Waals surface area contributed by atoms with Crippen LogP contribution < -0.4 is 0 Å². The van der Waals surface area contributed by atoms with Crippen molar-refractivity contribution < 1.29 is 32.0 Å². The van der Waals surface area contributed by atoms with Crippen LogP contribution in [-0.4, -0.2) is 42.4 Å². The van der Waals surface area contributed by atoms with E-state index in [2.05, 4.69) is 0 Å². The second kappa shape index (κ2) is 6.48. The Morgan fingerprint density at radius 3 is 2.73 bits per heavy atom. The van der Waals surface area contributed by atoms with Gasteiger partial charge in [0.1, 0.15) is 12.2 Å². The summed E-state index contributed by atoms with van der Waals surface area (Å²) in [5.41, 5.74) is 0. The zero-order valence-corrected chi connectivity index (χ0v) is 15.7. The number of esters is 2. The molecular formula is C18H26O7S. The molecule has 0 radical (unpaired) electrons. The average Bonchev–Trinajstić information content (AvgIpc) is 3.19. The highest BCUT2D eigenvalue weighted by Crippen LogP contribution is 2.55. The van der Waals surface area contributed by atoms with Crippen LogP contribution in [0.5, 0.6) is 0 Å². The average molecular weight is 386 g/mol. The van der Waals surface area contributed by atoms with Crippen molar-refractivity contribution in [3.8, 4) is 0 Å². The molecule has 26 heavy (non-hydrogen) atoms. The molecule has 0 amide bonds. The van der Waals surface area contributed by atoms with Gasteiger partial charge in [0.05, 0.1) is 17.1 Å². The Morgan fingerprint density at radius 1 is 1.27 bits per heavy atom. The molecule has 0 aromatic carbocycles. The molecule has 3 aliphatic carbocycles. The summed E-state index contributed by atoms with van der Waals surface area (Å²) in [5.74, 6) is -0.732. The van der Waals surface area contributed by atoms with Crippen LogP contribution in [0.2, 0.25) is 0 Å². The second-order valence-corrected chi connectivity index (χ2v) is 10.1. The monoisotopic (exact) mass is 386 g/mol. The highest BCUT2D eigenvalue weighted by molar-refractivity contribution is 7.86. The van der Waals surface area contributed by atoms with Gasteiger partial charge in [-0.2, -0.15) is 8.42 Å². The van der Waals surface area contributed by atoms with E-state index in [1.165, 1.54) is 0 Å². The molecule has 8 heteroatoms. The number of carbonyl (C=O) groups is 2. The number of ether oxygens (including phenoxy) is 2. The van der Waals surface area contributed by atoms with E-state index in [1.807, 2.05) is 6.92 Å². The van der Waals surface area contributed by atoms with Crippen LogP contribution in [0.3, 0.4) is 0 Å². The van der Waals surface area contributed by atoms with Crippen LogP contribution in [0.1, 0.15) is 51.9 Å². The van der Waals surface area contributed by atoms with Gasteiger partial charge in [0.2, 0.25) is 0 Å². The number of hydrogen-bond donors (Lipinski definition) is 1. The standard InChI is InChI=1S/C18H26O7S/c1-2-3-9-4-5-11(26(21,22)23)8-12(9)17(19)24-15-10-6-13-14(7-10)18(20)25-16(13)15/h9-16H,2-8H2,1H3,(H,21,22,23). The molecule has 1 aliphatic heterocycles. The Kier molecular flexibility index (Phi) is 4.54. The zero-order chi connectivity index (χ0) is 18.6. The fourth-order valence-corrected chi connectivity index (χ4v) is 6.64. The van der Waals surface area contributed by atoms with Gasteiger partial charge in [0, 0.05) is 11.8 Å². The first-order valence-electron chi connectivity index (χ1n) is 9.66. The summed E-state index contributed by atoms with van der Waals surface area (Å²) in [5, 5.41) is -0.901. The van der Waals surface area contributed by atoms with Crippen LogP contribution in [0.15, 0.2) is 0 Å². The molecule has 0 aromatic heterocycles. The normalized spacial score (nSPS) is 44.2. The third-order valence-electron chi connectivity index (χ3n) is 6.99. The molecule has 3 saturated carbocycles. The van der Waals surface area contributed by atoms with Crippen molar-refractivity contribution in [1.29, 1.82) is 0 Å². The Labute approximate surface area is 153 Å². The molecule has 8 atom stereocenters. The van der Waals surface area contributed by atoms with Crippen molar-refractivity contribution in [1.82, 2.24) is 0 Å². The number of fused-ring (bicyclic) bond motifs is 1. The highest BCUT2D eigenvalue weighted by atomic mass is 32.2. The van der Waals surface area contributed by atoms with Crippen molar-refractivity contribution in [2.45, 2.75) is 69.3 Å². The summed E-state index contributed by atoms with van der Waals surface area (Å²) in [4.78, 5) is 24.8. The van der Waals surface area contributed by atoms with E-state index in [0.29, 0.717) is 19.3 Å². The zero-order valence-electron chi connectivity index (χ0n) is 14.9. The largest absolute Gasteiger partial charge is 0.458 e. The molecule has 0 aromatic rings. The fourth-order valence-electron chi connectivity index (χ4n) is 5.76. The molecule has 4 fully saturated rings. The van der Waals surface area contributed by atoms with Gasteiger partial charge in [0.25, 0.3) is 10.1 Å². The van der Waals surface area contributed by atoms with Crippen LogP contribution in [0.25, 0.3) is 0 Å². The lowest BCUT2D eigenvalue weighted by Crippen LogP contribution is -2.42. The lowest BCUT2D eigenvalue weighted by atomic mass is 9.76. The van der Waals surface area contributed by atoms with Crippen LogP contribution in [0, 0.1) is 29.6 Å². The van der Waals surface area contributed by atoms with E-state index in [4.69, 9.17) is 9.47 Å². The predicted octanol–water partition coefficient (Wildman–Crippen LogP) is 1.95. The Balaban J connectivity index is 1.47. The molecular weight excluding hydrogens is 360 g/mol. The molecule has 1 saturated heterocycles. The Hall–Kier alpha value is -1.15.